The SMILES string of the molecule is CCn1nnc(C)c1C(=O)N1CCC(F)(c2cccc(OC)c2)CC1. The molecule has 1 fully saturated rings. The van der Waals surface area contributed by atoms with Gasteiger partial charge in [-0.15, -0.1) is 5.10 Å². The summed E-state index contributed by atoms with van der Waals surface area (Å²) in [5.41, 5.74) is 0.270. The molecule has 1 saturated heterocycles. The molecule has 25 heavy (non-hydrogen) atoms. The van der Waals surface area contributed by atoms with E-state index in [0.29, 0.717) is 42.3 Å². The van der Waals surface area contributed by atoms with Gasteiger partial charge in [-0.05, 0) is 31.5 Å². The van der Waals surface area contributed by atoms with Crippen molar-refractivity contribution < 1.29 is 13.9 Å². The van der Waals surface area contributed by atoms with E-state index in [-0.39, 0.29) is 18.7 Å². The quantitative estimate of drug-likeness (QED) is 0.854. The molecule has 1 aliphatic rings. The van der Waals surface area contributed by atoms with Gasteiger partial charge in [-0.3, -0.25) is 4.79 Å². The van der Waals surface area contributed by atoms with E-state index < -0.39 is 5.67 Å². The van der Waals surface area contributed by atoms with E-state index in [4.69, 9.17) is 4.74 Å². The zero-order valence-corrected chi connectivity index (χ0v) is 14.8. The minimum absolute atomic E-state index is 0.128. The average molecular weight is 346 g/mol. The molecule has 3 rings (SSSR count). The van der Waals surface area contributed by atoms with Gasteiger partial charge < -0.3 is 9.64 Å². The van der Waals surface area contributed by atoms with Gasteiger partial charge in [-0.1, -0.05) is 17.3 Å². The van der Waals surface area contributed by atoms with E-state index in [2.05, 4.69) is 10.3 Å². The van der Waals surface area contributed by atoms with Gasteiger partial charge in [-0.25, -0.2) is 9.07 Å². The maximum Gasteiger partial charge on any atom is 0.274 e. The molecule has 0 bridgehead atoms. The lowest BCUT2D eigenvalue weighted by atomic mass is 9.86. The Hall–Kier alpha value is -2.44. The molecule has 134 valence electrons. The van der Waals surface area contributed by atoms with E-state index in [0.717, 1.165) is 0 Å². The van der Waals surface area contributed by atoms with E-state index in [1.807, 2.05) is 6.92 Å². The first-order valence-electron chi connectivity index (χ1n) is 8.51. The summed E-state index contributed by atoms with van der Waals surface area (Å²) in [6.45, 7) is 4.98. The van der Waals surface area contributed by atoms with Gasteiger partial charge in [-0.2, -0.15) is 0 Å². The second-order valence-corrected chi connectivity index (χ2v) is 6.33. The van der Waals surface area contributed by atoms with Crippen LogP contribution in [0.1, 0.15) is 41.5 Å². The van der Waals surface area contributed by atoms with Gasteiger partial charge in [0.05, 0.1) is 12.8 Å². The minimum Gasteiger partial charge on any atom is -0.497 e. The number of amides is 1. The fraction of sp³-hybridized carbons (Fsp3) is 0.500. The maximum absolute atomic E-state index is 15.4. The lowest BCUT2D eigenvalue weighted by Gasteiger charge is -2.36. The summed E-state index contributed by atoms with van der Waals surface area (Å²) in [7, 11) is 1.57. The Morgan fingerprint density at radius 3 is 2.72 bits per heavy atom. The number of methoxy groups -OCH3 is 1. The molecule has 0 unspecified atom stereocenters. The molecule has 0 N–H and O–H groups in total. The average Bonchev–Trinajstić information content (AvgIpc) is 3.02. The molecule has 0 radical (unpaired) electrons. The monoisotopic (exact) mass is 346 g/mol. The van der Waals surface area contributed by atoms with Crippen LogP contribution in [-0.2, 0) is 12.2 Å². The predicted octanol–water partition coefficient (Wildman–Crippen LogP) is 2.72. The number of ether oxygens (including phenoxy) is 1. The number of piperidine rings is 1. The molecule has 0 spiro atoms. The van der Waals surface area contributed by atoms with E-state index >= 15 is 4.39 Å². The highest BCUT2D eigenvalue weighted by molar-refractivity contribution is 5.93. The number of hydrogen-bond donors (Lipinski definition) is 0. The molecule has 1 aliphatic heterocycles. The number of likely N-dealkylation sites (tertiary alicyclic amines) is 1. The summed E-state index contributed by atoms with van der Waals surface area (Å²) in [5, 5.41) is 7.95. The van der Waals surface area contributed by atoms with Crippen molar-refractivity contribution in [3.63, 3.8) is 0 Å². The van der Waals surface area contributed by atoms with Crippen LogP contribution >= 0.6 is 0 Å². The first-order valence-corrected chi connectivity index (χ1v) is 8.51. The Morgan fingerprint density at radius 2 is 2.08 bits per heavy atom. The van der Waals surface area contributed by atoms with Crippen molar-refractivity contribution in [1.82, 2.24) is 19.9 Å². The Bertz CT molecular complexity index is 766. The van der Waals surface area contributed by atoms with Crippen LogP contribution < -0.4 is 4.74 Å². The van der Waals surface area contributed by atoms with Crippen molar-refractivity contribution in [3.05, 3.63) is 41.2 Å². The number of benzene rings is 1. The third-order valence-corrected chi connectivity index (χ3v) is 4.84. The molecule has 6 nitrogen and oxygen atoms in total. The molecule has 0 atom stereocenters. The molecule has 1 aromatic carbocycles. The Morgan fingerprint density at radius 1 is 1.36 bits per heavy atom. The fourth-order valence-corrected chi connectivity index (χ4v) is 3.29. The number of halogens is 1. The number of hydrogen-bond acceptors (Lipinski definition) is 4. The lowest BCUT2D eigenvalue weighted by molar-refractivity contribution is 0.0411. The van der Waals surface area contributed by atoms with Crippen LogP contribution in [0.25, 0.3) is 0 Å². The predicted molar refractivity (Wildman–Crippen MR) is 91.4 cm³/mol. The van der Waals surface area contributed by atoms with E-state index in [1.165, 1.54) is 0 Å². The number of aromatic nitrogens is 3. The molecule has 1 aromatic heterocycles. The van der Waals surface area contributed by atoms with E-state index in [1.54, 1.807) is 47.9 Å². The molecule has 0 aliphatic carbocycles. The van der Waals surface area contributed by atoms with Crippen LogP contribution in [0, 0.1) is 6.92 Å². The number of carbonyl (C=O) groups is 1. The number of alkyl halides is 1. The Kier molecular flexibility index (Phi) is 4.74. The Balaban J connectivity index is 1.74. The van der Waals surface area contributed by atoms with Gasteiger partial charge in [0.15, 0.2) is 0 Å². The number of carbonyl (C=O) groups excluding carboxylic acids is 1. The highest BCUT2D eigenvalue weighted by Crippen LogP contribution is 2.38. The molecule has 0 saturated carbocycles. The summed E-state index contributed by atoms with van der Waals surface area (Å²) in [4.78, 5) is 14.5. The molecular weight excluding hydrogens is 323 g/mol. The van der Waals surface area contributed by atoms with Crippen molar-refractivity contribution in [2.75, 3.05) is 20.2 Å². The highest BCUT2D eigenvalue weighted by Gasteiger charge is 2.38. The first kappa shape index (κ1) is 17.4. The number of aryl methyl sites for hydroxylation is 2. The summed E-state index contributed by atoms with van der Waals surface area (Å²) in [5.74, 6) is 0.513. The van der Waals surface area contributed by atoms with Gasteiger partial charge in [0.1, 0.15) is 17.1 Å². The third kappa shape index (κ3) is 3.23. The minimum atomic E-state index is -1.44. The fourth-order valence-electron chi connectivity index (χ4n) is 3.29. The van der Waals surface area contributed by atoms with Gasteiger partial charge in [0.2, 0.25) is 0 Å². The smallest absolute Gasteiger partial charge is 0.274 e. The van der Waals surface area contributed by atoms with Crippen LogP contribution in [0.15, 0.2) is 24.3 Å². The third-order valence-electron chi connectivity index (χ3n) is 4.84. The maximum atomic E-state index is 15.4. The second kappa shape index (κ2) is 6.82. The summed E-state index contributed by atoms with van der Waals surface area (Å²) in [6, 6.07) is 7.10. The zero-order chi connectivity index (χ0) is 18.0. The molecular formula is C18H23FN4O2. The zero-order valence-electron chi connectivity index (χ0n) is 14.8. The summed E-state index contributed by atoms with van der Waals surface area (Å²) >= 11 is 0. The standard InChI is InChI=1S/C18H23FN4O2/c1-4-23-16(13(2)20-21-23)17(24)22-10-8-18(19,9-11-22)14-6-5-7-15(12-14)25-3/h5-7,12H,4,8-11H2,1-3H3. The highest BCUT2D eigenvalue weighted by atomic mass is 19.1. The largest absolute Gasteiger partial charge is 0.497 e. The van der Waals surface area contributed by atoms with Crippen LogP contribution in [0.2, 0.25) is 0 Å². The van der Waals surface area contributed by atoms with Gasteiger partial charge in [0.25, 0.3) is 5.91 Å². The van der Waals surface area contributed by atoms with Gasteiger partial charge >= 0.3 is 0 Å². The number of rotatable bonds is 4. The second-order valence-electron chi connectivity index (χ2n) is 6.33. The first-order chi connectivity index (χ1) is 12.0. The van der Waals surface area contributed by atoms with Crippen LogP contribution in [0.3, 0.4) is 0 Å². The lowest BCUT2D eigenvalue weighted by Crippen LogP contribution is -2.44. The van der Waals surface area contributed by atoms with Crippen molar-refractivity contribution in [2.45, 2.75) is 38.9 Å². The van der Waals surface area contributed by atoms with Crippen molar-refractivity contribution in [2.24, 2.45) is 0 Å². The van der Waals surface area contributed by atoms with Crippen LogP contribution in [0.5, 0.6) is 5.75 Å². The molecule has 2 heterocycles. The van der Waals surface area contributed by atoms with Crippen molar-refractivity contribution in [3.8, 4) is 5.75 Å². The normalized spacial score (nSPS) is 16.7. The molecule has 1 amide bonds. The van der Waals surface area contributed by atoms with E-state index in [9.17, 15) is 4.79 Å². The summed E-state index contributed by atoms with van der Waals surface area (Å²) < 4.78 is 22.2. The number of nitrogens with zero attached hydrogens (tertiary/aromatic N) is 4. The van der Waals surface area contributed by atoms with Crippen LogP contribution in [0.4, 0.5) is 4.39 Å². The molecule has 7 heteroatoms. The van der Waals surface area contributed by atoms with Crippen molar-refractivity contribution in [1.29, 1.82) is 0 Å². The topological polar surface area (TPSA) is 60.2 Å². The van der Waals surface area contributed by atoms with Crippen molar-refractivity contribution >= 4 is 5.91 Å². The van der Waals surface area contributed by atoms with Crippen LogP contribution in [-0.4, -0.2) is 46.0 Å². The van der Waals surface area contributed by atoms with Gasteiger partial charge in [0, 0.05) is 32.5 Å². The molecule has 2 aromatic rings. The Labute approximate surface area is 146 Å². The summed E-state index contributed by atoms with van der Waals surface area (Å²) in [6.07, 6.45) is 0.525.